The van der Waals surface area contributed by atoms with Gasteiger partial charge in [0, 0.05) is 0 Å². The molecular weight excluding hydrogens is 346 g/mol. The van der Waals surface area contributed by atoms with E-state index in [2.05, 4.69) is 10.4 Å². The Bertz CT molecular complexity index is 680. The summed E-state index contributed by atoms with van der Waals surface area (Å²) in [6.45, 7) is 0.708. The lowest BCUT2D eigenvalue weighted by atomic mass is 10.1. The number of aliphatic hydroxyl groups is 3. The van der Waals surface area contributed by atoms with Crippen LogP contribution >= 0.6 is 11.6 Å². The van der Waals surface area contributed by atoms with Gasteiger partial charge in [-0.05, 0) is 6.92 Å². The summed E-state index contributed by atoms with van der Waals surface area (Å²) in [4.78, 5) is 23.5. The molecule has 0 saturated carbocycles. The molecule has 1 aliphatic heterocycles. The van der Waals surface area contributed by atoms with Gasteiger partial charge in [-0.2, -0.15) is 4.68 Å². The molecule has 0 spiro atoms. The average molecular weight is 364 g/mol. The third-order valence-electron chi connectivity index (χ3n) is 3.49. The lowest BCUT2D eigenvalue weighted by molar-refractivity contribution is -0.115. The second-order valence-corrected chi connectivity index (χ2v) is 5.61. The van der Waals surface area contributed by atoms with Gasteiger partial charge < -0.3 is 30.1 Å². The van der Waals surface area contributed by atoms with E-state index in [4.69, 9.17) is 26.2 Å². The third-order valence-corrected chi connectivity index (χ3v) is 3.82. The number of carbonyl (C=O) groups excluding carboxylic acids is 1. The highest BCUT2D eigenvalue weighted by Gasteiger charge is 2.44. The maximum atomic E-state index is 12.3. The van der Waals surface area contributed by atoms with Crippen LogP contribution in [0.5, 0.6) is 5.75 Å². The molecule has 24 heavy (non-hydrogen) atoms. The standard InChI is InChI=1S/C13H18ClN3O7/c1-5(19)3-15-11-10(23-2)7(14)12(22)17(16-11)13-9(21)8(20)6(4-18)24-13/h6,8-9,13,18,20-21H,3-4H2,1-2H3,(H,15,16)/t6-,8-,9-,13-/m1/s1. The van der Waals surface area contributed by atoms with Gasteiger partial charge in [-0.15, -0.1) is 5.10 Å². The van der Waals surface area contributed by atoms with Gasteiger partial charge in [-0.3, -0.25) is 9.59 Å². The first-order valence-electron chi connectivity index (χ1n) is 7.03. The Balaban J connectivity index is 2.47. The fourth-order valence-corrected chi connectivity index (χ4v) is 2.52. The Morgan fingerprint density at radius 2 is 2.12 bits per heavy atom. The minimum atomic E-state index is -1.50. The Labute approximate surface area is 141 Å². The van der Waals surface area contributed by atoms with Crippen molar-refractivity contribution < 1.29 is 29.6 Å². The smallest absolute Gasteiger partial charge is 0.292 e. The first-order valence-corrected chi connectivity index (χ1v) is 7.41. The first kappa shape index (κ1) is 18.6. The molecule has 0 amide bonds. The molecule has 134 valence electrons. The van der Waals surface area contributed by atoms with Crippen LogP contribution in [0.4, 0.5) is 5.82 Å². The van der Waals surface area contributed by atoms with Gasteiger partial charge in [0.2, 0.25) is 0 Å². The lowest BCUT2D eigenvalue weighted by Gasteiger charge is -2.19. The van der Waals surface area contributed by atoms with Crippen molar-refractivity contribution in [1.82, 2.24) is 9.78 Å². The van der Waals surface area contributed by atoms with E-state index < -0.39 is 36.7 Å². The number of aliphatic hydroxyl groups excluding tert-OH is 3. The minimum absolute atomic E-state index is 0.00459. The summed E-state index contributed by atoms with van der Waals surface area (Å²) in [7, 11) is 1.28. The number of rotatable bonds is 6. The van der Waals surface area contributed by atoms with Crippen LogP contribution in [-0.4, -0.2) is 69.5 Å². The number of anilines is 1. The maximum absolute atomic E-state index is 12.3. The fraction of sp³-hybridized carbons (Fsp3) is 0.615. The van der Waals surface area contributed by atoms with E-state index in [0.717, 1.165) is 4.68 Å². The number of hydrogen-bond acceptors (Lipinski definition) is 9. The fourth-order valence-electron chi connectivity index (χ4n) is 2.26. The molecular formula is C13H18ClN3O7. The molecule has 0 aliphatic carbocycles. The van der Waals surface area contributed by atoms with E-state index in [9.17, 15) is 19.8 Å². The summed E-state index contributed by atoms with van der Waals surface area (Å²) in [5, 5.41) is 35.2. The van der Waals surface area contributed by atoms with Crippen molar-refractivity contribution in [2.75, 3.05) is 25.6 Å². The Hall–Kier alpha value is -1.72. The van der Waals surface area contributed by atoms with Crippen molar-refractivity contribution in [2.24, 2.45) is 0 Å². The minimum Gasteiger partial charge on any atom is -0.491 e. The van der Waals surface area contributed by atoms with Gasteiger partial charge in [-0.25, -0.2) is 0 Å². The van der Waals surface area contributed by atoms with Gasteiger partial charge in [-0.1, -0.05) is 11.6 Å². The maximum Gasteiger partial charge on any atom is 0.292 e. The van der Waals surface area contributed by atoms with Crippen molar-refractivity contribution in [3.05, 3.63) is 15.4 Å². The molecule has 0 bridgehead atoms. The molecule has 11 heteroatoms. The molecule has 1 aromatic heterocycles. The van der Waals surface area contributed by atoms with Crippen molar-refractivity contribution in [1.29, 1.82) is 0 Å². The van der Waals surface area contributed by atoms with Crippen molar-refractivity contribution in [3.63, 3.8) is 0 Å². The van der Waals surface area contributed by atoms with Crippen LogP contribution in [0.2, 0.25) is 5.02 Å². The summed E-state index contributed by atoms with van der Waals surface area (Å²) in [5.41, 5.74) is -0.822. The molecule has 1 fully saturated rings. The molecule has 0 radical (unpaired) electrons. The predicted molar refractivity (Wildman–Crippen MR) is 82.2 cm³/mol. The lowest BCUT2D eigenvalue weighted by Crippen LogP contribution is -2.37. The quantitative estimate of drug-likeness (QED) is 0.475. The van der Waals surface area contributed by atoms with E-state index in [1.54, 1.807) is 0 Å². The van der Waals surface area contributed by atoms with Crippen LogP contribution in [0.15, 0.2) is 4.79 Å². The molecule has 0 aromatic carbocycles. The van der Waals surface area contributed by atoms with Crippen LogP contribution < -0.4 is 15.6 Å². The molecule has 4 N–H and O–H groups in total. The van der Waals surface area contributed by atoms with Crippen molar-refractivity contribution in [3.8, 4) is 5.75 Å². The molecule has 0 unspecified atom stereocenters. The number of halogens is 1. The predicted octanol–water partition coefficient (Wildman–Crippen LogP) is -1.48. The Morgan fingerprint density at radius 3 is 2.62 bits per heavy atom. The molecule has 4 atom stereocenters. The topological polar surface area (TPSA) is 143 Å². The van der Waals surface area contributed by atoms with Gasteiger partial charge in [0.1, 0.15) is 24.1 Å². The number of aromatic nitrogens is 2. The second-order valence-electron chi connectivity index (χ2n) is 5.23. The molecule has 1 aromatic rings. The van der Waals surface area contributed by atoms with E-state index in [-0.39, 0.29) is 28.9 Å². The number of carbonyl (C=O) groups is 1. The monoisotopic (exact) mass is 363 g/mol. The van der Waals surface area contributed by atoms with Crippen LogP contribution in [0.1, 0.15) is 13.2 Å². The molecule has 1 saturated heterocycles. The Morgan fingerprint density at radius 1 is 1.46 bits per heavy atom. The molecule has 2 rings (SSSR count). The number of nitrogens with zero attached hydrogens (tertiary/aromatic N) is 2. The van der Waals surface area contributed by atoms with Crippen LogP contribution in [0.3, 0.4) is 0 Å². The van der Waals surface area contributed by atoms with Gasteiger partial charge in [0.05, 0.1) is 20.3 Å². The summed E-state index contributed by atoms with van der Waals surface area (Å²) in [6.07, 6.45) is -5.33. The number of methoxy groups -OCH3 is 1. The highest BCUT2D eigenvalue weighted by molar-refractivity contribution is 6.32. The van der Waals surface area contributed by atoms with E-state index >= 15 is 0 Å². The number of ketones is 1. The molecule has 1 aliphatic rings. The molecule has 2 heterocycles. The van der Waals surface area contributed by atoms with Gasteiger partial charge in [0.25, 0.3) is 5.56 Å². The third kappa shape index (κ3) is 3.37. The largest absolute Gasteiger partial charge is 0.491 e. The van der Waals surface area contributed by atoms with Crippen LogP contribution in [0.25, 0.3) is 0 Å². The van der Waals surface area contributed by atoms with Crippen LogP contribution in [0, 0.1) is 0 Å². The Kier molecular flexibility index (Phi) is 5.78. The number of nitrogens with one attached hydrogen (secondary N) is 1. The first-order chi connectivity index (χ1) is 11.3. The highest BCUT2D eigenvalue weighted by atomic mass is 35.5. The zero-order valence-electron chi connectivity index (χ0n) is 13.0. The van der Waals surface area contributed by atoms with E-state index in [1.807, 2.05) is 0 Å². The summed E-state index contributed by atoms with van der Waals surface area (Å²) < 4.78 is 11.0. The number of Topliss-reactive ketones (excluding diaryl/α,β-unsaturated/α-hetero) is 1. The SMILES string of the molecule is COc1c(NCC(C)=O)nn([C@@H]2O[C@H](CO)[C@@H](O)[C@H]2O)c(=O)c1Cl. The van der Waals surface area contributed by atoms with Crippen molar-refractivity contribution in [2.45, 2.75) is 31.5 Å². The second kappa shape index (κ2) is 7.45. The number of ether oxygens (including phenoxy) is 2. The zero-order chi connectivity index (χ0) is 18.0. The highest BCUT2D eigenvalue weighted by Crippen LogP contribution is 2.32. The summed E-state index contributed by atoms with van der Waals surface area (Å²) in [6, 6.07) is 0. The van der Waals surface area contributed by atoms with Crippen molar-refractivity contribution >= 4 is 23.2 Å². The van der Waals surface area contributed by atoms with Crippen LogP contribution in [-0.2, 0) is 9.53 Å². The average Bonchev–Trinajstić information content (AvgIpc) is 2.83. The van der Waals surface area contributed by atoms with E-state index in [1.165, 1.54) is 14.0 Å². The summed E-state index contributed by atoms with van der Waals surface area (Å²) >= 11 is 5.98. The zero-order valence-corrected chi connectivity index (χ0v) is 13.7. The van der Waals surface area contributed by atoms with E-state index in [0.29, 0.717) is 0 Å². The molecule has 10 nitrogen and oxygen atoms in total. The van der Waals surface area contributed by atoms with Gasteiger partial charge in [0.15, 0.2) is 22.8 Å². The number of hydrogen-bond donors (Lipinski definition) is 4. The summed E-state index contributed by atoms with van der Waals surface area (Å²) in [5.74, 6) is -0.262. The van der Waals surface area contributed by atoms with Gasteiger partial charge >= 0.3 is 0 Å². The normalized spacial score (nSPS) is 26.4.